The number of fused-ring (bicyclic) bond motifs is 2. The highest BCUT2D eigenvalue weighted by Gasteiger charge is 2.18. The maximum absolute atomic E-state index is 12.5. The van der Waals surface area contributed by atoms with E-state index in [0.29, 0.717) is 6.54 Å². The van der Waals surface area contributed by atoms with Crippen LogP contribution in [0.2, 0.25) is 0 Å². The smallest absolute Gasteiger partial charge is 0.243 e. The van der Waals surface area contributed by atoms with E-state index in [1.165, 1.54) is 29.5 Å². The van der Waals surface area contributed by atoms with Crippen LogP contribution in [0.5, 0.6) is 0 Å². The molecule has 2 N–H and O–H groups in total. The number of nitrogens with zero attached hydrogens (tertiary/aromatic N) is 1. The molecule has 1 aliphatic carbocycles. The molecule has 0 saturated carbocycles. The molecule has 0 aromatic heterocycles. The van der Waals surface area contributed by atoms with E-state index in [-0.39, 0.29) is 18.3 Å². The van der Waals surface area contributed by atoms with Crippen LogP contribution in [0.1, 0.15) is 23.1 Å². The molecular weight excluding hydrogens is 334 g/mol. The van der Waals surface area contributed by atoms with Crippen molar-refractivity contribution in [1.82, 2.24) is 5.32 Å². The summed E-state index contributed by atoms with van der Waals surface area (Å²) < 4.78 is 0. The summed E-state index contributed by atoms with van der Waals surface area (Å²) in [6.07, 6.45) is 3.52. The quantitative estimate of drug-likeness (QED) is 0.887. The molecule has 0 fully saturated rings. The van der Waals surface area contributed by atoms with E-state index in [0.717, 1.165) is 37.4 Å². The van der Waals surface area contributed by atoms with E-state index in [4.69, 9.17) is 0 Å². The van der Waals surface area contributed by atoms with Gasteiger partial charge in [-0.15, -0.1) is 12.4 Å². The van der Waals surface area contributed by atoms with Gasteiger partial charge in [0.25, 0.3) is 0 Å². The van der Waals surface area contributed by atoms with E-state index >= 15 is 0 Å². The number of aryl methyl sites for hydroxylation is 2. The molecule has 0 atom stereocenters. The van der Waals surface area contributed by atoms with Crippen LogP contribution < -0.4 is 15.5 Å². The van der Waals surface area contributed by atoms with Gasteiger partial charge in [0, 0.05) is 31.0 Å². The van der Waals surface area contributed by atoms with Crippen molar-refractivity contribution in [2.45, 2.75) is 25.8 Å². The number of halogens is 1. The summed E-state index contributed by atoms with van der Waals surface area (Å²) in [7, 11) is 0. The highest BCUT2D eigenvalue weighted by atomic mass is 35.5. The van der Waals surface area contributed by atoms with Gasteiger partial charge in [-0.1, -0.05) is 24.3 Å². The zero-order valence-electron chi connectivity index (χ0n) is 14.3. The second-order valence-electron chi connectivity index (χ2n) is 6.61. The Labute approximate surface area is 155 Å². The minimum Gasteiger partial charge on any atom is -0.361 e. The lowest BCUT2D eigenvalue weighted by atomic mass is 10.1. The van der Waals surface area contributed by atoms with Gasteiger partial charge in [-0.2, -0.15) is 0 Å². The number of hydrogen-bond donors (Lipinski definition) is 2. The first-order valence-electron chi connectivity index (χ1n) is 8.75. The fraction of sp³-hybridized carbons (Fsp3) is 0.350. The number of nitrogens with one attached hydrogen (secondary N) is 2. The fourth-order valence-corrected chi connectivity index (χ4v) is 3.71. The third kappa shape index (κ3) is 3.97. The van der Waals surface area contributed by atoms with Gasteiger partial charge in [-0.25, -0.2) is 0 Å². The molecule has 4 nitrogen and oxygen atoms in total. The first-order chi connectivity index (χ1) is 11.8. The predicted octanol–water partition coefficient (Wildman–Crippen LogP) is 3.15. The maximum Gasteiger partial charge on any atom is 0.243 e. The number of rotatable bonds is 3. The first-order valence-corrected chi connectivity index (χ1v) is 8.75. The number of amides is 1. The molecule has 4 rings (SSSR count). The van der Waals surface area contributed by atoms with Gasteiger partial charge in [-0.3, -0.25) is 4.79 Å². The van der Waals surface area contributed by atoms with E-state index in [1.807, 2.05) is 12.1 Å². The molecule has 1 heterocycles. The number of carbonyl (C=O) groups excluding carboxylic acids is 1. The molecule has 5 heteroatoms. The van der Waals surface area contributed by atoms with Gasteiger partial charge in [0.1, 0.15) is 0 Å². The molecule has 1 aliphatic heterocycles. The third-order valence-corrected chi connectivity index (χ3v) is 4.92. The van der Waals surface area contributed by atoms with E-state index < -0.39 is 0 Å². The zero-order valence-corrected chi connectivity index (χ0v) is 15.1. The Balaban J connectivity index is 0.00000182. The summed E-state index contributed by atoms with van der Waals surface area (Å²) >= 11 is 0. The van der Waals surface area contributed by atoms with Gasteiger partial charge in [0.2, 0.25) is 5.91 Å². The van der Waals surface area contributed by atoms with Crippen LogP contribution in [0, 0.1) is 0 Å². The molecule has 132 valence electrons. The summed E-state index contributed by atoms with van der Waals surface area (Å²) in [5.74, 6) is 0.0460. The standard InChI is InChI=1S/C20H23N3O.ClH/c24-20(22-18-9-8-15-5-3-6-16(15)12-18)14-23-11-10-21-13-17-4-1-2-7-19(17)23;/h1-2,4,7-9,12,21H,3,5-6,10-11,13-14H2,(H,22,24);1H. The molecule has 1 amide bonds. The number of anilines is 2. The Morgan fingerprint density at radius 1 is 1.08 bits per heavy atom. The largest absolute Gasteiger partial charge is 0.361 e. The number of carbonyl (C=O) groups is 1. The van der Waals surface area contributed by atoms with E-state index in [2.05, 4.69) is 45.9 Å². The van der Waals surface area contributed by atoms with Gasteiger partial charge in [0.15, 0.2) is 0 Å². The molecule has 2 aliphatic rings. The lowest BCUT2D eigenvalue weighted by Crippen LogP contribution is -2.36. The fourth-order valence-electron chi connectivity index (χ4n) is 3.71. The molecule has 2 aromatic carbocycles. The lowest BCUT2D eigenvalue weighted by Gasteiger charge is -2.24. The van der Waals surface area contributed by atoms with E-state index in [1.54, 1.807) is 0 Å². The molecule has 0 saturated heterocycles. The first kappa shape index (κ1) is 17.8. The molecule has 2 aromatic rings. The second kappa shape index (κ2) is 7.89. The third-order valence-electron chi connectivity index (χ3n) is 4.92. The summed E-state index contributed by atoms with van der Waals surface area (Å²) in [4.78, 5) is 14.7. The topological polar surface area (TPSA) is 44.4 Å². The Kier molecular flexibility index (Phi) is 5.61. The van der Waals surface area contributed by atoms with Crippen molar-refractivity contribution in [2.75, 3.05) is 29.9 Å². The average molecular weight is 358 g/mol. The molecule has 0 bridgehead atoms. The van der Waals surface area contributed by atoms with Crippen molar-refractivity contribution in [2.24, 2.45) is 0 Å². The van der Waals surface area contributed by atoms with Crippen LogP contribution in [0.25, 0.3) is 0 Å². The number of para-hydroxylation sites is 1. The Morgan fingerprint density at radius 2 is 1.92 bits per heavy atom. The Bertz CT molecular complexity index is 762. The Morgan fingerprint density at radius 3 is 2.84 bits per heavy atom. The lowest BCUT2D eigenvalue weighted by molar-refractivity contribution is -0.115. The Hall–Kier alpha value is -2.04. The SMILES string of the molecule is Cl.O=C(CN1CCNCc2ccccc21)Nc1ccc2c(c1)CCC2. The second-order valence-corrected chi connectivity index (χ2v) is 6.61. The van der Waals surface area contributed by atoms with Crippen molar-refractivity contribution in [3.05, 3.63) is 59.2 Å². The van der Waals surface area contributed by atoms with Crippen LogP contribution in [0.4, 0.5) is 11.4 Å². The van der Waals surface area contributed by atoms with Crippen molar-refractivity contribution in [1.29, 1.82) is 0 Å². The molecule has 25 heavy (non-hydrogen) atoms. The molecular formula is C20H24ClN3O. The predicted molar refractivity (Wildman–Crippen MR) is 105 cm³/mol. The van der Waals surface area contributed by atoms with Crippen LogP contribution in [-0.2, 0) is 24.2 Å². The highest BCUT2D eigenvalue weighted by Crippen LogP contribution is 2.25. The summed E-state index contributed by atoms with van der Waals surface area (Å²) in [5.41, 5.74) is 6.14. The average Bonchev–Trinajstić information content (AvgIpc) is 2.96. The van der Waals surface area contributed by atoms with Crippen molar-refractivity contribution in [3.8, 4) is 0 Å². The summed E-state index contributed by atoms with van der Waals surface area (Å²) in [5, 5.41) is 6.48. The highest BCUT2D eigenvalue weighted by molar-refractivity contribution is 5.94. The number of benzene rings is 2. The van der Waals surface area contributed by atoms with Crippen LogP contribution >= 0.6 is 12.4 Å². The van der Waals surface area contributed by atoms with Gasteiger partial charge in [0.05, 0.1) is 6.54 Å². The molecule has 0 radical (unpaired) electrons. The normalized spacial score (nSPS) is 15.6. The summed E-state index contributed by atoms with van der Waals surface area (Å²) in [6.45, 7) is 2.98. The number of hydrogen-bond acceptors (Lipinski definition) is 3. The molecule has 0 unspecified atom stereocenters. The van der Waals surface area contributed by atoms with Crippen LogP contribution in [0.15, 0.2) is 42.5 Å². The van der Waals surface area contributed by atoms with Crippen LogP contribution in [-0.4, -0.2) is 25.5 Å². The van der Waals surface area contributed by atoms with Crippen LogP contribution in [0.3, 0.4) is 0 Å². The minimum atomic E-state index is 0. The zero-order chi connectivity index (χ0) is 16.4. The monoisotopic (exact) mass is 357 g/mol. The van der Waals surface area contributed by atoms with Gasteiger partial charge < -0.3 is 15.5 Å². The minimum absolute atomic E-state index is 0. The van der Waals surface area contributed by atoms with Gasteiger partial charge in [-0.05, 0) is 54.2 Å². The van der Waals surface area contributed by atoms with Crippen molar-refractivity contribution in [3.63, 3.8) is 0 Å². The van der Waals surface area contributed by atoms with Crippen molar-refractivity contribution >= 4 is 29.7 Å². The van der Waals surface area contributed by atoms with Crippen molar-refractivity contribution < 1.29 is 4.79 Å². The van der Waals surface area contributed by atoms with E-state index in [9.17, 15) is 4.79 Å². The summed E-state index contributed by atoms with van der Waals surface area (Å²) in [6, 6.07) is 14.6. The molecule has 0 spiro atoms. The van der Waals surface area contributed by atoms with Gasteiger partial charge >= 0.3 is 0 Å². The maximum atomic E-state index is 12.5.